The largest absolute Gasteiger partial charge is 0.383 e. The number of alkyl halides is 5. The van der Waals surface area contributed by atoms with E-state index in [-0.39, 0.29) is 36.1 Å². The number of aliphatic hydroxyl groups excluding tert-OH is 1. The number of halogens is 6. The molecule has 2 fully saturated rings. The zero-order valence-corrected chi connectivity index (χ0v) is 15.1. The van der Waals surface area contributed by atoms with Crippen LogP contribution in [-0.4, -0.2) is 56.3 Å². The van der Waals surface area contributed by atoms with Gasteiger partial charge in [0.25, 0.3) is 11.8 Å². The van der Waals surface area contributed by atoms with Crippen molar-refractivity contribution in [1.29, 1.82) is 0 Å². The Morgan fingerprint density at radius 2 is 1.34 bits per heavy atom. The van der Waals surface area contributed by atoms with Crippen molar-refractivity contribution in [2.75, 3.05) is 10.6 Å². The van der Waals surface area contributed by atoms with Gasteiger partial charge in [-0.1, -0.05) is 0 Å². The van der Waals surface area contributed by atoms with Crippen molar-refractivity contribution in [3.8, 4) is 0 Å². The number of anilines is 2. The van der Waals surface area contributed by atoms with Crippen molar-refractivity contribution < 1.29 is 31.4 Å². The lowest BCUT2D eigenvalue weighted by Crippen LogP contribution is -2.45. The lowest BCUT2D eigenvalue weighted by atomic mass is 9.88. The Balaban J connectivity index is 1.59. The number of nitrogens with one attached hydrogen (secondary N) is 2. The minimum atomic E-state index is -2.79. The average molecular weight is 423 g/mol. The highest BCUT2D eigenvalue weighted by atomic mass is 19.3. The second-order valence-corrected chi connectivity index (χ2v) is 7.84. The van der Waals surface area contributed by atoms with Gasteiger partial charge in [0.15, 0.2) is 5.82 Å². The van der Waals surface area contributed by atoms with Gasteiger partial charge in [0.1, 0.15) is 18.1 Å². The van der Waals surface area contributed by atoms with Crippen molar-refractivity contribution in [2.45, 2.75) is 74.7 Å². The first-order chi connectivity index (χ1) is 13.5. The molecule has 2 saturated carbocycles. The van der Waals surface area contributed by atoms with E-state index in [1.807, 2.05) is 0 Å². The fourth-order valence-corrected chi connectivity index (χ4v) is 3.65. The minimum absolute atomic E-state index is 0.0873. The molecule has 3 aliphatic rings. The topological polar surface area (TPSA) is 83.0 Å². The van der Waals surface area contributed by atoms with Crippen LogP contribution in [0.2, 0.25) is 0 Å². The molecule has 0 spiro atoms. The molecule has 2 atom stereocenters. The monoisotopic (exact) mass is 423 g/mol. The van der Waals surface area contributed by atoms with Crippen LogP contribution in [0.1, 0.15) is 44.3 Å². The van der Waals surface area contributed by atoms with Gasteiger partial charge >= 0.3 is 0 Å². The van der Waals surface area contributed by atoms with Crippen LogP contribution in [0, 0.1) is 0 Å². The molecule has 4 rings (SSSR count). The number of hydrogen-bond donors (Lipinski definition) is 3. The van der Waals surface area contributed by atoms with Crippen LogP contribution in [0.3, 0.4) is 0 Å². The molecule has 0 aliphatic heterocycles. The van der Waals surface area contributed by atoms with Gasteiger partial charge in [0, 0.05) is 43.3 Å². The Morgan fingerprint density at radius 1 is 0.862 bits per heavy atom. The second kappa shape index (κ2) is 6.99. The zero-order valence-electron chi connectivity index (χ0n) is 15.1. The third kappa shape index (κ3) is 4.26. The van der Waals surface area contributed by atoms with E-state index < -0.39 is 67.7 Å². The van der Waals surface area contributed by atoms with Gasteiger partial charge in [0.05, 0.1) is 0 Å². The van der Waals surface area contributed by atoms with Crippen molar-refractivity contribution in [3.63, 3.8) is 0 Å². The number of rotatable bonds is 5. The second-order valence-electron chi connectivity index (χ2n) is 7.84. The zero-order chi connectivity index (χ0) is 21.0. The summed E-state index contributed by atoms with van der Waals surface area (Å²) in [5.74, 6) is -7.14. The Kier molecular flexibility index (Phi) is 4.87. The van der Waals surface area contributed by atoms with E-state index in [0.717, 1.165) is 0 Å². The number of nitrogens with zero attached hydrogens (tertiary/aromatic N) is 3. The van der Waals surface area contributed by atoms with Gasteiger partial charge in [-0.15, -0.1) is 0 Å². The first kappa shape index (κ1) is 20.2. The van der Waals surface area contributed by atoms with Crippen LogP contribution in [-0.2, 0) is 0 Å². The molecule has 0 radical (unpaired) electrons. The van der Waals surface area contributed by atoms with Crippen LogP contribution in [0.25, 0.3) is 5.57 Å². The summed E-state index contributed by atoms with van der Waals surface area (Å²) in [7, 11) is 0. The summed E-state index contributed by atoms with van der Waals surface area (Å²) < 4.78 is 80.2. The molecule has 1 unspecified atom stereocenters. The van der Waals surface area contributed by atoms with Gasteiger partial charge in [-0.25, -0.2) is 26.3 Å². The normalized spacial score (nSPS) is 29.2. The van der Waals surface area contributed by atoms with E-state index in [1.54, 1.807) is 0 Å². The van der Waals surface area contributed by atoms with Gasteiger partial charge in [-0.3, -0.25) is 0 Å². The standard InChI is InChI=1S/C17H19F6N5O/c18-10-2-1-9(11(19)12(10)29)13-26-14(24-7-3-16(20,21)4-7)28-15(27-13)25-8-5-17(22,23)6-8/h7-8,10,12,29H,1-6H2,(H2,24,25,26,27,28)/t10?,12-/m0/s1. The lowest BCUT2D eigenvalue weighted by Gasteiger charge is -2.36. The molecular weight excluding hydrogens is 404 g/mol. The number of aliphatic hydroxyl groups is 1. The Labute approximate surface area is 161 Å². The summed E-state index contributed by atoms with van der Waals surface area (Å²) in [5, 5.41) is 15.0. The van der Waals surface area contributed by atoms with Crippen LogP contribution in [0.15, 0.2) is 5.83 Å². The molecule has 0 aromatic carbocycles. The first-order valence-corrected chi connectivity index (χ1v) is 9.27. The minimum Gasteiger partial charge on any atom is -0.383 e. The lowest BCUT2D eigenvalue weighted by molar-refractivity contribution is -0.0799. The van der Waals surface area contributed by atoms with E-state index >= 15 is 0 Å². The molecule has 3 N–H and O–H groups in total. The molecule has 1 aromatic rings. The smallest absolute Gasteiger partial charge is 0.252 e. The van der Waals surface area contributed by atoms with Crippen molar-refractivity contribution in [3.05, 3.63) is 11.7 Å². The number of hydrogen-bond acceptors (Lipinski definition) is 6. The van der Waals surface area contributed by atoms with E-state index in [2.05, 4.69) is 25.6 Å². The fraction of sp³-hybridized carbons (Fsp3) is 0.706. The van der Waals surface area contributed by atoms with Gasteiger partial charge < -0.3 is 15.7 Å². The number of aromatic nitrogens is 3. The summed E-state index contributed by atoms with van der Waals surface area (Å²) in [6.45, 7) is 0. The fourth-order valence-electron chi connectivity index (χ4n) is 3.65. The van der Waals surface area contributed by atoms with Crippen molar-refractivity contribution in [1.82, 2.24) is 15.0 Å². The highest BCUT2D eigenvalue weighted by Crippen LogP contribution is 2.40. The molecular formula is C17H19F6N5O. The van der Waals surface area contributed by atoms with E-state index in [0.29, 0.717) is 0 Å². The van der Waals surface area contributed by atoms with E-state index in [1.165, 1.54) is 0 Å². The maximum Gasteiger partial charge on any atom is 0.252 e. The van der Waals surface area contributed by atoms with E-state index in [4.69, 9.17) is 0 Å². The summed E-state index contributed by atoms with van der Waals surface area (Å²) in [4.78, 5) is 12.0. The van der Waals surface area contributed by atoms with Crippen LogP contribution in [0.4, 0.5) is 38.2 Å². The van der Waals surface area contributed by atoms with Crippen LogP contribution >= 0.6 is 0 Å². The molecule has 0 bridgehead atoms. The van der Waals surface area contributed by atoms with Crippen molar-refractivity contribution >= 4 is 17.5 Å². The average Bonchev–Trinajstić information content (AvgIpc) is 2.56. The Bertz CT molecular complexity index is 774. The summed E-state index contributed by atoms with van der Waals surface area (Å²) in [5.41, 5.74) is -0.127. The maximum absolute atomic E-state index is 14.4. The van der Waals surface area contributed by atoms with Gasteiger partial charge in [0.2, 0.25) is 11.9 Å². The Hall–Kier alpha value is -2.11. The molecule has 12 heteroatoms. The molecule has 3 aliphatic carbocycles. The molecule has 1 heterocycles. The molecule has 29 heavy (non-hydrogen) atoms. The van der Waals surface area contributed by atoms with Crippen molar-refractivity contribution in [2.24, 2.45) is 0 Å². The molecule has 0 saturated heterocycles. The highest BCUT2D eigenvalue weighted by molar-refractivity contribution is 5.65. The molecule has 160 valence electrons. The quantitative estimate of drug-likeness (QED) is 0.630. The third-order valence-electron chi connectivity index (χ3n) is 5.31. The van der Waals surface area contributed by atoms with Crippen LogP contribution < -0.4 is 10.6 Å². The van der Waals surface area contributed by atoms with Gasteiger partial charge in [-0.2, -0.15) is 15.0 Å². The Morgan fingerprint density at radius 3 is 1.79 bits per heavy atom. The van der Waals surface area contributed by atoms with Gasteiger partial charge in [-0.05, 0) is 12.8 Å². The SMILES string of the molecule is O[C@@H]1C(F)=C(c2nc(NC3CC(F)(F)C3)nc(NC3CC(F)(F)C3)n2)CCC1F. The van der Waals surface area contributed by atoms with Crippen LogP contribution in [0.5, 0.6) is 0 Å². The van der Waals surface area contributed by atoms with E-state index in [9.17, 15) is 31.4 Å². The third-order valence-corrected chi connectivity index (χ3v) is 5.31. The predicted octanol–water partition coefficient (Wildman–Crippen LogP) is 3.46. The molecule has 6 nitrogen and oxygen atoms in total. The predicted molar refractivity (Wildman–Crippen MR) is 91.2 cm³/mol. The highest BCUT2D eigenvalue weighted by Gasteiger charge is 2.47. The molecule has 1 aromatic heterocycles. The summed E-state index contributed by atoms with van der Waals surface area (Å²) in [6.07, 6.45) is -5.64. The first-order valence-electron chi connectivity index (χ1n) is 9.27. The molecule has 0 amide bonds. The summed E-state index contributed by atoms with van der Waals surface area (Å²) in [6, 6.07) is -1.21. The summed E-state index contributed by atoms with van der Waals surface area (Å²) >= 11 is 0. The maximum atomic E-state index is 14.4. The number of allylic oxidation sites excluding steroid dienone is 1.